The first-order valence-corrected chi connectivity index (χ1v) is 8.63. The van der Waals surface area contributed by atoms with E-state index in [2.05, 4.69) is 15.5 Å². The van der Waals surface area contributed by atoms with Crippen molar-refractivity contribution < 1.29 is 26.3 Å². The summed E-state index contributed by atoms with van der Waals surface area (Å²) in [4.78, 5) is 4.14. The van der Waals surface area contributed by atoms with E-state index in [9.17, 15) is 26.3 Å². The lowest BCUT2D eigenvalue weighted by atomic mass is 9.98. The number of rotatable bonds is 3. The van der Waals surface area contributed by atoms with Gasteiger partial charge < -0.3 is 0 Å². The fourth-order valence-corrected chi connectivity index (χ4v) is 3.27. The van der Waals surface area contributed by atoms with Gasteiger partial charge in [-0.05, 0) is 30.9 Å². The van der Waals surface area contributed by atoms with Crippen molar-refractivity contribution >= 4 is 28.2 Å². The van der Waals surface area contributed by atoms with E-state index in [-0.39, 0.29) is 10.7 Å². The van der Waals surface area contributed by atoms with Crippen molar-refractivity contribution in [2.75, 3.05) is 5.75 Å². The fourth-order valence-electron chi connectivity index (χ4n) is 2.39. The standard InChI is InChI=1S/C16H14F6N4S/c1-3-27-13(14(2)7-12(25-26-14)16(20,21)22)24-10-5-4-9(8-23)11(6-10)15(17,18)19/h4-6,26H,3,7H2,1-2H3/t14-/m1/s1. The minimum Gasteiger partial charge on any atom is -0.297 e. The Morgan fingerprint density at radius 1 is 1.30 bits per heavy atom. The van der Waals surface area contributed by atoms with Gasteiger partial charge in [0.15, 0.2) is 0 Å². The van der Waals surface area contributed by atoms with E-state index >= 15 is 0 Å². The van der Waals surface area contributed by atoms with Crippen molar-refractivity contribution in [1.82, 2.24) is 5.43 Å². The van der Waals surface area contributed by atoms with Crippen molar-refractivity contribution in [2.24, 2.45) is 10.1 Å². The lowest BCUT2D eigenvalue weighted by molar-refractivity contribution is -0.137. The molecule has 0 amide bonds. The Bertz CT molecular complexity index is 822. The summed E-state index contributed by atoms with van der Waals surface area (Å²) in [6.07, 6.45) is -9.86. The van der Waals surface area contributed by atoms with E-state index in [0.717, 1.165) is 17.8 Å². The van der Waals surface area contributed by atoms with E-state index in [0.29, 0.717) is 11.8 Å². The predicted octanol–water partition coefficient (Wildman–Crippen LogP) is 5.03. The second-order valence-corrected chi connectivity index (χ2v) is 7.12. The minimum atomic E-state index is -4.75. The highest BCUT2D eigenvalue weighted by atomic mass is 32.2. The summed E-state index contributed by atoms with van der Waals surface area (Å²) < 4.78 is 77.9. The Morgan fingerprint density at radius 2 is 1.96 bits per heavy atom. The Hall–Kier alpha value is -2.22. The second-order valence-electron chi connectivity index (χ2n) is 5.87. The molecule has 11 heteroatoms. The van der Waals surface area contributed by atoms with Crippen LogP contribution in [0.3, 0.4) is 0 Å². The predicted molar refractivity (Wildman–Crippen MR) is 91.0 cm³/mol. The molecule has 1 aromatic rings. The Labute approximate surface area is 155 Å². The third-order valence-corrected chi connectivity index (χ3v) is 4.80. The van der Waals surface area contributed by atoms with Crippen LogP contribution in [0.2, 0.25) is 0 Å². The summed E-state index contributed by atoms with van der Waals surface area (Å²) in [5, 5.41) is 12.3. The Balaban J connectivity index is 2.44. The summed E-state index contributed by atoms with van der Waals surface area (Å²) in [5.74, 6) is 0.444. The smallest absolute Gasteiger partial charge is 0.297 e. The number of halogens is 6. The lowest BCUT2D eigenvalue weighted by Crippen LogP contribution is -2.43. The number of hydrazone groups is 1. The largest absolute Gasteiger partial charge is 0.431 e. The molecule has 1 aliphatic rings. The highest BCUT2D eigenvalue weighted by molar-refractivity contribution is 8.14. The van der Waals surface area contributed by atoms with E-state index in [1.54, 1.807) is 6.92 Å². The average molecular weight is 408 g/mol. The maximum absolute atomic E-state index is 13.1. The Kier molecular flexibility index (Phi) is 5.79. The number of hydrogen-bond acceptors (Lipinski definition) is 5. The molecule has 4 nitrogen and oxygen atoms in total. The molecule has 0 radical (unpaired) electrons. The molecule has 0 spiro atoms. The van der Waals surface area contributed by atoms with E-state index in [1.165, 1.54) is 19.1 Å². The van der Waals surface area contributed by atoms with Crippen LogP contribution in [-0.4, -0.2) is 28.2 Å². The van der Waals surface area contributed by atoms with Gasteiger partial charge in [0.2, 0.25) is 0 Å². The van der Waals surface area contributed by atoms with Gasteiger partial charge in [-0.25, -0.2) is 4.99 Å². The summed E-state index contributed by atoms with van der Waals surface area (Å²) in [7, 11) is 0. The highest BCUT2D eigenvalue weighted by Gasteiger charge is 2.47. The van der Waals surface area contributed by atoms with Crippen molar-refractivity contribution in [2.45, 2.75) is 38.2 Å². The molecule has 1 aliphatic heterocycles. The summed E-state index contributed by atoms with van der Waals surface area (Å²) in [6, 6.07) is 4.37. The zero-order valence-electron chi connectivity index (χ0n) is 14.2. The van der Waals surface area contributed by atoms with Crippen LogP contribution in [0.4, 0.5) is 32.0 Å². The van der Waals surface area contributed by atoms with Crippen LogP contribution in [-0.2, 0) is 6.18 Å². The summed E-state index contributed by atoms with van der Waals surface area (Å²) in [5.41, 5.74) is -1.71. The third kappa shape index (κ3) is 4.74. The van der Waals surface area contributed by atoms with Gasteiger partial charge in [0.1, 0.15) is 16.3 Å². The molecule has 1 atom stereocenters. The number of nitrogens with zero attached hydrogens (tertiary/aromatic N) is 3. The van der Waals surface area contributed by atoms with E-state index in [1.807, 2.05) is 0 Å². The molecule has 0 bridgehead atoms. The zero-order chi connectivity index (χ0) is 20.5. The molecule has 0 unspecified atom stereocenters. The number of alkyl halides is 6. The molecule has 1 aromatic carbocycles. The number of aliphatic imine (C=N–C) groups is 1. The van der Waals surface area contributed by atoms with E-state index in [4.69, 9.17) is 5.26 Å². The molecule has 0 fully saturated rings. The molecule has 1 heterocycles. The lowest BCUT2D eigenvalue weighted by Gasteiger charge is -2.25. The maximum atomic E-state index is 13.1. The summed E-state index contributed by atoms with van der Waals surface area (Å²) >= 11 is 1.10. The van der Waals surface area contributed by atoms with Crippen LogP contribution < -0.4 is 5.43 Å². The first kappa shape index (κ1) is 21.1. The van der Waals surface area contributed by atoms with Crippen LogP contribution >= 0.6 is 11.8 Å². The molecule has 1 N–H and O–H groups in total. The van der Waals surface area contributed by atoms with Gasteiger partial charge in [0.05, 0.1) is 22.9 Å². The van der Waals surface area contributed by atoms with Gasteiger partial charge in [0.25, 0.3) is 0 Å². The molecule has 0 aromatic heterocycles. The molecular formula is C16H14F6N4S. The van der Waals surface area contributed by atoms with Crippen molar-refractivity contribution in [1.29, 1.82) is 5.26 Å². The highest BCUT2D eigenvalue weighted by Crippen LogP contribution is 2.36. The SMILES string of the molecule is CCSC(=Nc1ccc(C#N)c(C(F)(F)F)c1)[C@@]1(C)CC(C(F)(F)F)=NN1. The first-order chi connectivity index (χ1) is 12.4. The van der Waals surface area contributed by atoms with Crippen LogP contribution in [0.5, 0.6) is 0 Å². The van der Waals surface area contributed by atoms with Gasteiger partial charge in [-0.3, -0.25) is 5.43 Å². The maximum Gasteiger partial charge on any atom is 0.431 e. The van der Waals surface area contributed by atoms with Crippen molar-refractivity contribution in [3.63, 3.8) is 0 Å². The van der Waals surface area contributed by atoms with Gasteiger partial charge in [0, 0.05) is 6.42 Å². The second kappa shape index (κ2) is 7.42. The van der Waals surface area contributed by atoms with Crippen LogP contribution in [0.1, 0.15) is 31.4 Å². The van der Waals surface area contributed by atoms with E-state index < -0.39 is 41.2 Å². The average Bonchev–Trinajstić information content (AvgIpc) is 2.97. The first-order valence-electron chi connectivity index (χ1n) is 7.65. The molecular weight excluding hydrogens is 394 g/mol. The molecule has 146 valence electrons. The molecule has 0 saturated heterocycles. The summed E-state index contributed by atoms with van der Waals surface area (Å²) in [6.45, 7) is 3.19. The van der Waals surface area contributed by atoms with Crippen LogP contribution in [0.15, 0.2) is 28.3 Å². The van der Waals surface area contributed by atoms with Crippen LogP contribution in [0.25, 0.3) is 0 Å². The van der Waals surface area contributed by atoms with Crippen molar-refractivity contribution in [3.05, 3.63) is 29.3 Å². The minimum absolute atomic E-state index is 0.110. The number of benzene rings is 1. The van der Waals surface area contributed by atoms with Crippen molar-refractivity contribution in [3.8, 4) is 6.07 Å². The molecule has 0 aliphatic carbocycles. The van der Waals surface area contributed by atoms with Gasteiger partial charge >= 0.3 is 12.4 Å². The fraction of sp³-hybridized carbons (Fsp3) is 0.438. The van der Waals surface area contributed by atoms with Gasteiger partial charge in [-0.2, -0.15) is 36.7 Å². The monoisotopic (exact) mass is 408 g/mol. The number of nitrogens with one attached hydrogen (secondary N) is 1. The quantitative estimate of drug-likeness (QED) is 0.434. The van der Waals surface area contributed by atoms with Crippen LogP contribution in [0, 0.1) is 11.3 Å². The topological polar surface area (TPSA) is 60.5 Å². The van der Waals surface area contributed by atoms with Gasteiger partial charge in [-0.15, -0.1) is 11.8 Å². The molecule has 27 heavy (non-hydrogen) atoms. The third-order valence-electron chi connectivity index (χ3n) is 3.70. The molecule has 2 rings (SSSR count). The Morgan fingerprint density at radius 3 is 2.44 bits per heavy atom. The van der Waals surface area contributed by atoms with Gasteiger partial charge in [-0.1, -0.05) is 6.92 Å². The number of hydrogen-bond donors (Lipinski definition) is 1. The molecule has 0 saturated carbocycles. The normalized spacial score (nSPS) is 20.9. The number of thioether (sulfide) groups is 1. The number of nitriles is 1. The zero-order valence-corrected chi connectivity index (χ0v) is 15.0.